The zero-order valence-electron chi connectivity index (χ0n) is 13.1. The van der Waals surface area contributed by atoms with Crippen LogP contribution in [0.3, 0.4) is 0 Å². The molecule has 0 radical (unpaired) electrons. The predicted octanol–water partition coefficient (Wildman–Crippen LogP) is 2.76. The van der Waals surface area contributed by atoms with Gasteiger partial charge in [0.15, 0.2) is 11.6 Å². The van der Waals surface area contributed by atoms with Crippen LogP contribution in [0.2, 0.25) is 0 Å². The molecule has 4 rings (SSSR count). The van der Waals surface area contributed by atoms with E-state index in [0.29, 0.717) is 29.2 Å². The minimum absolute atomic E-state index is 0.356. The summed E-state index contributed by atoms with van der Waals surface area (Å²) in [5.74, 6) is 2.42. The Kier molecular flexibility index (Phi) is 3.49. The Morgan fingerprint density at radius 2 is 2.25 bits per heavy atom. The maximum atomic E-state index is 12.0. The fraction of sp³-hybridized carbons (Fsp3) is 0.250. The summed E-state index contributed by atoms with van der Waals surface area (Å²) >= 11 is 0. The van der Waals surface area contributed by atoms with Gasteiger partial charge in [-0.2, -0.15) is 10.2 Å². The molecule has 3 aromatic rings. The molecular weight excluding hydrogens is 306 g/mol. The summed E-state index contributed by atoms with van der Waals surface area (Å²) in [6.07, 6.45) is 6.24. The molecule has 24 heavy (non-hydrogen) atoms. The molecule has 2 atom stereocenters. The van der Waals surface area contributed by atoms with Crippen molar-refractivity contribution in [3.8, 4) is 5.82 Å². The van der Waals surface area contributed by atoms with Gasteiger partial charge in [-0.25, -0.2) is 14.5 Å². The van der Waals surface area contributed by atoms with Crippen molar-refractivity contribution in [2.75, 3.05) is 10.6 Å². The summed E-state index contributed by atoms with van der Waals surface area (Å²) < 4.78 is 1.65. The monoisotopic (exact) mass is 323 g/mol. The molecule has 0 aliphatic heterocycles. The second kappa shape index (κ2) is 5.80. The first kappa shape index (κ1) is 14.4. The van der Waals surface area contributed by atoms with E-state index in [4.69, 9.17) is 0 Å². The highest BCUT2D eigenvalue weighted by Gasteiger charge is 2.35. The number of carbonyl (C=O) groups excluding carboxylic acids is 1. The zero-order valence-corrected chi connectivity index (χ0v) is 13.1. The lowest BCUT2D eigenvalue weighted by molar-refractivity contribution is 0.262. The Bertz CT molecular complexity index is 838. The highest BCUT2D eigenvalue weighted by atomic mass is 16.2. The molecule has 0 spiro atoms. The first-order chi connectivity index (χ1) is 11.7. The van der Waals surface area contributed by atoms with Crippen molar-refractivity contribution in [2.45, 2.75) is 19.3 Å². The zero-order chi connectivity index (χ0) is 16.5. The summed E-state index contributed by atoms with van der Waals surface area (Å²) in [5.41, 5.74) is 1.66. The van der Waals surface area contributed by atoms with Crippen molar-refractivity contribution < 1.29 is 4.79 Å². The number of hydrogen-bond donors (Lipinski definition) is 3. The Morgan fingerprint density at radius 1 is 1.38 bits per heavy atom. The summed E-state index contributed by atoms with van der Waals surface area (Å²) in [6, 6.07) is 6.90. The van der Waals surface area contributed by atoms with Gasteiger partial charge in [-0.3, -0.25) is 10.4 Å². The smallest absolute Gasteiger partial charge is 0.306 e. The average Bonchev–Trinajstić information content (AvgIpc) is 2.99. The number of H-pyrrole nitrogens is 1. The first-order valence-corrected chi connectivity index (χ1v) is 7.78. The maximum Gasteiger partial charge on any atom is 0.324 e. The highest BCUT2D eigenvalue weighted by molar-refractivity contribution is 5.99. The van der Waals surface area contributed by atoms with E-state index in [1.165, 1.54) is 6.42 Å². The van der Waals surface area contributed by atoms with E-state index in [0.717, 1.165) is 5.69 Å². The van der Waals surface area contributed by atoms with Gasteiger partial charge in [0, 0.05) is 30.1 Å². The molecule has 0 aromatic carbocycles. The number of nitrogens with one attached hydrogen (secondary N) is 3. The number of nitrogens with zero attached hydrogens (tertiary/aromatic N) is 4. The van der Waals surface area contributed by atoms with Gasteiger partial charge >= 0.3 is 6.03 Å². The third-order valence-corrected chi connectivity index (χ3v) is 4.09. The van der Waals surface area contributed by atoms with Gasteiger partial charge in [0.1, 0.15) is 0 Å². The molecule has 1 fully saturated rings. The molecule has 3 aromatic heterocycles. The minimum atomic E-state index is -0.356. The normalized spacial score (nSPS) is 19.0. The lowest BCUT2D eigenvalue weighted by Gasteiger charge is -2.06. The van der Waals surface area contributed by atoms with Gasteiger partial charge < -0.3 is 5.32 Å². The average molecular weight is 323 g/mol. The Balaban J connectivity index is 1.36. The molecule has 0 unspecified atom stereocenters. The van der Waals surface area contributed by atoms with Crippen molar-refractivity contribution >= 4 is 17.5 Å². The van der Waals surface area contributed by atoms with Crippen LogP contribution in [0.15, 0.2) is 42.9 Å². The summed E-state index contributed by atoms with van der Waals surface area (Å²) in [6.45, 7) is 2.20. The van der Waals surface area contributed by atoms with E-state index < -0.39 is 0 Å². The lowest BCUT2D eigenvalue weighted by atomic mass is 10.2. The number of aromatic amines is 1. The van der Waals surface area contributed by atoms with Gasteiger partial charge in [0.25, 0.3) is 0 Å². The molecule has 1 saturated carbocycles. The Morgan fingerprint density at radius 3 is 2.92 bits per heavy atom. The maximum absolute atomic E-state index is 12.0. The fourth-order valence-corrected chi connectivity index (χ4v) is 2.62. The molecule has 8 nitrogen and oxygen atoms in total. The van der Waals surface area contributed by atoms with Crippen molar-refractivity contribution in [1.29, 1.82) is 0 Å². The van der Waals surface area contributed by atoms with Crippen molar-refractivity contribution in [2.24, 2.45) is 5.92 Å². The molecule has 8 heteroatoms. The van der Waals surface area contributed by atoms with E-state index in [9.17, 15) is 4.79 Å². The number of anilines is 2. The third kappa shape index (κ3) is 2.98. The summed E-state index contributed by atoms with van der Waals surface area (Å²) in [7, 11) is 0. The second-order valence-corrected chi connectivity index (χ2v) is 5.96. The number of amides is 2. The number of carbonyl (C=O) groups is 1. The first-order valence-electron chi connectivity index (χ1n) is 7.78. The van der Waals surface area contributed by atoms with Gasteiger partial charge in [0.2, 0.25) is 0 Å². The molecule has 122 valence electrons. The standard InChI is InChI=1S/C16H17N7O/c1-10-7-12(10)13-8-14(22-21-13)20-16(24)19-11-3-4-15(17-9-11)23-6-2-5-18-23/h2-6,8-10,12H,7H2,1H3,(H3,19,20,21,22,24)/t10-,12-/m1/s1. The molecule has 1 aliphatic rings. The number of pyridine rings is 1. The van der Waals surface area contributed by atoms with Crippen LogP contribution in [0.5, 0.6) is 0 Å². The topological polar surface area (TPSA) is 101 Å². The minimum Gasteiger partial charge on any atom is -0.306 e. The highest BCUT2D eigenvalue weighted by Crippen LogP contribution is 2.46. The molecule has 0 saturated heterocycles. The van der Waals surface area contributed by atoms with Crippen molar-refractivity contribution in [3.05, 3.63) is 48.5 Å². The molecule has 2 amide bonds. The van der Waals surface area contributed by atoms with Crippen LogP contribution in [-0.4, -0.2) is 31.0 Å². The number of rotatable bonds is 4. The van der Waals surface area contributed by atoms with Crippen molar-refractivity contribution in [1.82, 2.24) is 25.0 Å². The lowest BCUT2D eigenvalue weighted by Crippen LogP contribution is -2.19. The van der Waals surface area contributed by atoms with Gasteiger partial charge in [0.05, 0.1) is 11.9 Å². The van der Waals surface area contributed by atoms with Crippen LogP contribution in [-0.2, 0) is 0 Å². The third-order valence-electron chi connectivity index (χ3n) is 4.09. The van der Waals surface area contributed by atoms with Crippen LogP contribution in [0.4, 0.5) is 16.3 Å². The van der Waals surface area contributed by atoms with Crippen LogP contribution in [0.25, 0.3) is 5.82 Å². The van der Waals surface area contributed by atoms with Crippen LogP contribution < -0.4 is 10.6 Å². The largest absolute Gasteiger partial charge is 0.324 e. The summed E-state index contributed by atoms with van der Waals surface area (Å²) in [4.78, 5) is 16.3. The number of aromatic nitrogens is 5. The number of urea groups is 1. The van der Waals surface area contributed by atoms with Crippen molar-refractivity contribution in [3.63, 3.8) is 0 Å². The molecule has 0 bridgehead atoms. The summed E-state index contributed by atoms with van der Waals surface area (Å²) in [5, 5.41) is 16.6. The van der Waals surface area contributed by atoms with Crippen LogP contribution >= 0.6 is 0 Å². The second-order valence-electron chi connectivity index (χ2n) is 5.96. The van der Waals surface area contributed by atoms with E-state index in [1.54, 1.807) is 35.4 Å². The fourth-order valence-electron chi connectivity index (χ4n) is 2.62. The molecule has 3 N–H and O–H groups in total. The molecular formula is C16H17N7O. The quantitative estimate of drug-likeness (QED) is 0.687. The van der Waals surface area contributed by atoms with Gasteiger partial charge in [-0.1, -0.05) is 6.92 Å². The van der Waals surface area contributed by atoms with E-state index in [2.05, 4.69) is 37.8 Å². The van der Waals surface area contributed by atoms with Gasteiger partial charge in [-0.05, 0) is 30.5 Å². The van der Waals surface area contributed by atoms with Crippen LogP contribution in [0, 0.1) is 5.92 Å². The molecule has 1 aliphatic carbocycles. The van der Waals surface area contributed by atoms with E-state index in [-0.39, 0.29) is 6.03 Å². The predicted molar refractivity (Wildman–Crippen MR) is 89.1 cm³/mol. The van der Waals surface area contributed by atoms with Gasteiger partial charge in [-0.15, -0.1) is 0 Å². The molecule has 3 heterocycles. The Hall–Kier alpha value is -3.16. The van der Waals surface area contributed by atoms with E-state index in [1.807, 2.05) is 12.1 Å². The van der Waals surface area contributed by atoms with E-state index >= 15 is 0 Å². The SMILES string of the molecule is C[C@@H]1C[C@H]1c1cc(NC(=O)Nc2ccc(-n3cccn3)nc2)n[nH]1. The van der Waals surface area contributed by atoms with Crippen LogP contribution in [0.1, 0.15) is 25.0 Å². The Labute approximate surface area is 138 Å². The number of hydrogen-bond acceptors (Lipinski definition) is 4.